The standard InChI is InChI=1S/C16H16F3NO.ClH/c17-16(18,19)14-7-5-12(6-8-14)11-1-3-13(4-2-11)15(20)9-10-21;/h1-8,15,21H,9-10,20H2;1H/t15-;/m1./s1. The highest BCUT2D eigenvalue weighted by Gasteiger charge is 2.29. The maximum absolute atomic E-state index is 12.5. The lowest BCUT2D eigenvalue weighted by atomic mass is 9.99. The summed E-state index contributed by atoms with van der Waals surface area (Å²) in [6, 6.07) is 12.1. The van der Waals surface area contributed by atoms with E-state index in [1.54, 1.807) is 0 Å². The maximum atomic E-state index is 12.5. The molecule has 1 atom stereocenters. The van der Waals surface area contributed by atoms with Gasteiger partial charge in [-0.1, -0.05) is 36.4 Å². The van der Waals surface area contributed by atoms with E-state index in [1.807, 2.05) is 24.3 Å². The third-order valence-electron chi connectivity index (χ3n) is 3.32. The van der Waals surface area contributed by atoms with Gasteiger partial charge in [0, 0.05) is 12.6 Å². The van der Waals surface area contributed by atoms with Crippen molar-refractivity contribution in [2.24, 2.45) is 5.73 Å². The van der Waals surface area contributed by atoms with Crippen LogP contribution in [0, 0.1) is 0 Å². The summed E-state index contributed by atoms with van der Waals surface area (Å²) in [5.74, 6) is 0. The van der Waals surface area contributed by atoms with Crippen LogP contribution in [-0.4, -0.2) is 11.7 Å². The second-order valence-electron chi connectivity index (χ2n) is 4.82. The average Bonchev–Trinajstić information content (AvgIpc) is 2.47. The molecule has 0 fully saturated rings. The molecule has 2 rings (SSSR count). The zero-order valence-corrected chi connectivity index (χ0v) is 12.5. The van der Waals surface area contributed by atoms with Gasteiger partial charge in [-0.2, -0.15) is 13.2 Å². The summed E-state index contributed by atoms with van der Waals surface area (Å²) in [5.41, 5.74) is 7.64. The fraction of sp³-hybridized carbons (Fsp3) is 0.250. The largest absolute Gasteiger partial charge is 0.416 e. The molecule has 0 saturated carbocycles. The first-order valence-corrected chi connectivity index (χ1v) is 6.56. The molecule has 0 aromatic heterocycles. The summed E-state index contributed by atoms with van der Waals surface area (Å²) >= 11 is 0. The van der Waals surface area contributed by atoms with E-state index < -0.39 is 11.7 Å². The molecule has 2 aromatic carbocycles. The molecular formula is C16H17ClF3NO. The Kier molecular flexibility index (Phi) is 6.41. The van der Waals surface area contributed by atoms with Gasteiger partial charge in [0.25, 0.3) is 0 Å². The lowest BCUT2D eigenvalue weighted by Crippen LogP contribution is -2.11. The summed E-state index contributed by atoms with van der Waals surface area (Å²) in [6.07, 6.45) is -3.85. The predicted octanol–water partition coefficient (Wildman–Crippen LogP) is 4.18. The smallest absolute Gasteiger partial charge is 0.396 e. The van der Waals surface area contributed by atoms with Crippen molar-refractivity contribution in [1.82, 2.24) is 0 Å². The molecule has 0 aliphatic rings. The first-order valence-electron chi connectivity index (χ1n) is 6.56. The van der Waals surface area contributed by atoms with Gasteiger partial charge in [-0.25, -0.2) is 0 Å². The quantitative estimate of drug-likeness (QED) is 0.883. The van der Waals surface area contributed by atoms with Crippen LogP contribution in [0.5, 0.6) is 0 Å². The molecule has 6 heteroatoms. The molecule has 2 aromatic rings. The van der Waals surface area contributed by atoms with Crippen LogP contribution in [0.25, 0.3) is 11.1 Å². The van der Waals surface area contributed by atoms with Gasteiger partial charge in [0.1, 0.15) is 0 Å². The molecule has 0 unspecified atom stereocenters. The van der Waals surface area contributed by atoms with Crippen LogP contribution in [0.15, 0.2) is 48.5 Å². The molecule has 0 radical (unpaired) electrons. The molecule has 0 heterocycles. The van der Waals surface area contributed by atoms with Crippen LogP contribution < -0.4 is 5.73 Å². The molecule has 3 N–H and O–H groups in total. The summed E-state index contributed by atoms with van der Waals surface area (Å²) in [7, 11) is 0. The van der Waals surface area contributed by atoms with Gasteiger partial charge in [-0.15, -0.1) is 12.4 Å². The first-order chi connectivity index (χ1) is 9.91. The highest BCUT2D eigenvalue weighted by Crippen LogP contribution is 2.31. The van der Waals surface area contributed by atoms with Gasteiger partial charge in [-0.05, 0) is 35.2 Å². The SMILES string of the molecule is Cl.N[C@H](CCO)c1ccc(-c2ccc(C(F)(F)F)cc2)cc1. The van der Waals surface area contributed by atoms with Crippen molar-refractivity contribution >= 4 is 12.4 Å². The molecule has 2 nitrogen and oxygen atoms in total. The Hall–Kier alpha value is -1.56. The number of benzene rings is 2. The molecule has 0 amide bonds. The predicted molar refractivity (Wildman–Crippen MR) is 82.8 cm³/mol. The monoisotopic (exact) mass is 331 g/mol. The zero-order valence-electron chi connectivity index (χ0n) is 11.7. The third-order valence-corrected chi connectivity index (χ3v) is 3.32. The molecular weight excluding hydrogens is 315 g/mol. The second-order valence-corrected chi connectivity index (χ2v) is 4.82. The lowest BCUT2D eigenvalue weighted by Gasteiger charge is -2.11. The normalized spacial score (nSPS) is 12.6. The molecule has 0 aliphatic carbocycles. The summed E-state index contributed by atoms with van der Waals surface area (Å²) in [4.78, 5) is 0. The number of hydrogen-bond donors (Lipinski definition) is 2. The number of alkyl halides is 3. The van der Waals surface area contributed by atoms with Crippen molar-refractivity contribution in [1.29, 1.82) is 0 Å². The highest BCUT2D eigenvalue weighted by atomic mass is 35.5. The Balaban J connectivity index is 0.00000242. The Morgan fingerprint density at radius 2 is 1.36 bits per heavy atom. The number of aliphatic hydroxyl groups is 1. The van der Waals surface area contributed by atoms with Crippen LogP contribution in [0.3, 0.4) is 0 Å². The number of hydrogen-bond acceptors (Lipinski definition) is 2. The summed E-state index contributed by atoms with van der Waals surface area (Å²) in [5, 5.41) is 8.85. The Morgan fingerprint density at radius 3 is 1.77 bits per heavy atom. The van der Waals surface area contributed by atoms with E-state index in [0.717, 1.165) is 23.3 Å². The number of rotatable bonds is 4. The highest BCUT2D eigenvalue weighted by molar-refractivity contribution is 5.85. The van der Waals surface area contributed by atoms with Crippen molar-refractivity contribution in [3.63, 3.8) is 0 Å². The fourth-order valence-corrected chi connectivity index (χ4v) is 2.08. The number of halogens is 4. The van der Waals surface area contributed by atoms with E-state index in [1.165, 1.54) is 12.1 Å². The van der Waals surface area contributed by atoms with Crippen molar-refractivity contribution in [2.45, 2.75) is 18.6 Å². The van der Waals surface area contributed by atoms with Crippen LogP contribution >= 0.6 is 12.4 Å². The Morgan fingerprint density at radius 1 is 0.909 bits per heavy atom. The van der Waals surface area contributed by atoms with Crippen molar-refractivity contribution in [3.8, 4) is 11.1 Å². The molecule has 0 bridgehead atoms. The van der Waals surface area contributed by atoms with E-state index in [2.05, 4.69) is 0 Å². The molecule has 22 heavy (non-hydrogen) atoms. The third kappa shape index (κ3) is 4.47. The minimum absolute atomic E-state index is 0. The van der Waals surface area contributed by atoms with E-state index in [9.17, 15) is 13.2 Å². The molecule has 0 saturated heterocycles. The number of aliphatic hydroxyl groups excluding tert-OH is 1. The molecule has 120 valence electrons. The fourth-order valence-electron chi connectivity index (χ4n) is 2.08. The van der Waals surface area contributed by atoms with Crippen LogP contribution in [-0.2, 0) is 6.18 Å². The van der Waals surface area contributed by atoms with Crippen molar-refractivity contribution in [3.05, 3.63) is 59.7 Å². The van der Waals surface area contributed by atoms with E-state index >= 15 is 0 Å². The minimum atomic E-state index is -4.32. The maximum Gasteiger partial charge on any atom is 0.416 e. The minimum Gasteiger partial charge on any atom is -0.396 e. The van der Waals surface area contributed by atoms with Gasteiger partial charge < -0.3 is 10.8 Å². The van der Waals surface area contributed by atoms with Gasteiger partial charge >= 0.3 is 6.18 Å². The topological polar surface area (TPSA) is 46.2 Å². The lowest BCUT2D eigenvalue weighted by molar-refractivity contribution is -0.137. The second kappa shape index (κ2) is 7.63. The average molecular weight is 332 g/mol. The van der Waals surface area contributed by atoms with E-state index in [4.69, 9.17) is 10.8 Å². The summed E-state index contributed by atoms with van der Waals surface area (Å²) < 4.78 is 37.5. The Labute approximate surface area is 133 Å². The van der Waals surface area contributed by atoms with E-state index in [0.29, 0.717) is 12.0 Å². The van der Waals surface area contributed by atoms with Gasteiger partial charge in [-0.3, -0.25) is 0 Å². The first kappa shape index (κ1) is 18.5. The summed E-state index contributed by atoms with van der Waals surface area (Å²) in [6.45, 7) is 0.0157. The Bertz CT molecular complexity index is 582. The van der Waals surface area contributed by atoms with E-state index in [-0.39, 0.29) is 25.1 Å². The number of nitrogens with two attached hydrogens (primary N) is 1. The van der Waals surface area contributed by atoms with Gasteiger partial charge in [0.15, 0.2) is 0 Å². The molecule has 0 aliphatic heterocycles. The zero-order chi connectivity index (χ0) is 15.5. The van der Waals surface area contributed by atoms with Gasteiger partial charge in [0.2, 0.25) is 0 Å². The van der Waals surface area contributed by atoms with Crippen LogP contribution in [0.1, 0.15) is 23.6 Å². The van der Waals surface area contributed by atoms with Crippen LogP contribution in [0.4, 0.5) is 13.2 Å². The van der Waals surface area contributed by atoms with Gasteiger partial charge in [0.05, 0.1) is 5.56 Å². The van der Waals surface area contributed by atoms with Crippen molar-refractivity contribution in [2.75, 3.05) is 6.61 Å². The van der Waals surface area contributed by atoms with Crippen LogP contribution in [0.2, 0.25) is 0 Å². The molecule has 0 spiro atoms. The van der Waals surface area contributed by atoms with Crippen molar-refractivity contribution < 1.29 is 18.3 Å².